The molecule has 0 aliphatic carbocycles. The highest BCUT2D eigenvalue weighted by Gasteiger charge is 2.05. The second-order valence-corrected chi connectivity index (χ2v) is 5.97. The highest BCUT2D eigenvalue weighted by molar-refractivity contribution is 7.09. The van der Waals surface area contributed by atoms with Gasteiger partial charge in [-0.1, -0.05) is 24.3 Å². The molecule has 0 N–H and O–H groups in total. The first-order chi connectivity index (χ1) is 8.66. The normalized spacial score (nSPS) is 11.1. The molecule has 1 aromatic heterocycles. The van der Waals surface area contributed by atoms with Crippen LogP contribution in [0.5, 0.6) is 0 Å². The van der Waals surface area contributed by atoms with E-state index in [2.05, 4.69) is 61.5 Å². The molecule has 2 rings (SSSR count). The number of aryl methyl sites for hydroxylation is 2. The molecule has 0 fully saturated rings. The topological polar surface area (TPSA) is 3.24 Å². The van der Waals surface area contributed by atoms with E-state index in [4.69, 9.17) is 0 Å². The first-order valence-corrected chi connectivity index (χ1v) is 7.31. The summed E-state index contributed by atoms with van der Waals surface area (Å²) in [4.78, 5) is 3.84. The minimum absolute atomic E-state index is 1.06. The molecule has 0 aliphatic rings. The lowest BCUT2D eigenvalue weighted by Crippen LogP contribution is -2.20. The second-order valence-electron chi connectivity index (χ2n) is 4.94. The number of thiophene rings is 1. The zero-order valence-electron chi connectivity index (χ0n) is 11.4. The van der Waals surface area contributed by atoms with Gasteiger partial charge < -0.3 is 4.90 Å². The molecule has 0 bridgehead atoms. The third-order valence-electron chi connectivity index (χ3n) is 3.39. The van der Waals surface area contributed by atoms with Gasteiger partial charge in [0.05, 0.1) is 0 Å². The monoisotopic (exact) mass is 259 g/mol. The lowest BCUT2D eigenvalue weighted by Gasteiger charge is -2.17. The minimum atomic E-state index is 1.06. The first kappa shape index (κ1) is 13.3. The van der Waals surface area contributed by atoms with Crippen molar-refractivity contribution in [3.05, 3.63) is 57.3 Å². The molecule has 0 unspecified atom stereocenters. The van der Waals surface area contributed by atoms with Gasteiger partial charge in [0.25, 0.3) is 0 Å². The lowest BCUT2D eigenvalue weighted by atomic mass is 10.00. The van der Waals surface area contributed by atoms with Gasteiger partial charge in [0.2, 0.25) is 0 Å². The number of hydrogen-bond acceptors (Lipinski definition) is 2. The molecule has 0 saturated carbocycles. The van der Waals surface area contributed by atoms with Crippen LogP contribution in [0.15, 0.2) is 35.7 Å². The van der Waals surface area contributed by atoms with Crippen molar-refractivity contribution >= 4 is 11.3 Å². The summed E-state index contributed by atoms with van der Waals surface area (Å²) in [6, 6.07) is 10.9. The molecule has 0 radical (unpaired) electrons. The molecule has 2 aromatic rings. The molecule has 1 aromatic carbocycles. The third kappa shape index (κ3) is 3.44. The molecule has 0 amide bonds. The Labute approximate surface area is 114 Å². The van der Waals surface area contributed by atoms with Crippen LogP contribution in [-0.2, 0) is 13.0 Å². The number of benzene rings is 1. The van der Waals surface area contributed by atoms with Crippen molar-refractivity contribution in [1.29, 1.82) is 0 Å². The Morgan fingerprint density at radius 3 is 2.39 bits per heavy atom. The van der Waals surface area contributed by atoms with Gasteiger partial charge >= 0.3 is 0 Å². The number of likely N-dealkylation sites (N-methyl/N-ethyl adjacent to an activating group) is 1. The van der Waals surface area contributed by atoms with Crippen molar-refractivity contribution in [2.75, 3.05) is 13.6 Å². The number of hydrogen-bond donors (Lipinski definition) is 0. The van der Waals surface area contributed by atoms with E-state index in [-0.39, 0.29) is 0 Å². The van der Waals surface area contributed by atoms with Crippen molar-refractivity contribution in [2.24, 2.45) is 0 Å². The third-order valence-corrected chi connectivity index (χ3v) is 4.25. The van der Waals surface area contributed by atoms with Crippen LogP contribution in [0.25, 0.3) is 0 Å². The zero-order chi connectivity index (χ0) is 13.0. The van der Waals surface area contributed by atoms with Crippen LogP contribution >= 0.6 is 11.3 Å². The smallest absolute Gasteiger partial charge is 0.0324 e. The van der Waals surface area contributed by atoms with E-state index in [0.29, 0.717) is 0 Å². The Morgan fingerprint density at radius 2 is 1.78 bits per heavy atom. The van der Waals surface area contributed by atoms with Gasteiger partial charge in [-0.2, -0.15) is 0 Å². The second kappa shape index (κ2) is 6.17. The van der Waals surface area contributed by atoms with E-state index in [1.807, 2.05) is 11.3 Å². The molecular weight excluding hydrogens is 238 g/mol. The minimum Gasteiger partial charge on any atom is -0.301 e. The summed E-state index contributed by atoms with van der Waals surface area (Å²) in [5, 5.41) is 2.15. The standard InChI is InChI=1S/C16H21NS/c1-13-6-4-7-14(2)16(13)9-10-17(3)12-15-8-5-11-18-15/h4-8,11H,9-10,12H2,1-3H3. The van der Waals surface area contributed by atoms with E-state index in [1.54, 1.807) is 0 Å². The van der Waals surface area contributed by atoms with Crippen molar-refractivity contribution in [3.8, 4) is 0 Å². The fourth-order valence-electron chi connectivity index (χ4n) is 2.29. The van der Waals surface area contributed by atoms with Crippen LogP contribution < -0.4 is 0 Å². The summed E-state index contributed by atoms with van der Waals surface area (Å²) in [6.07, 6.45) is 1.14. The van der Waals surface area contributed by atoms with Crippen LogP contribution in [0.2, 0.25) is 0 Å². The highest BCUT2D eigenvalue weighted by atomic mass is 32.1. The Bertz CT molecular complexity index is 468. The lowest BCUT2D eigenvalue weighted by molar-refractivity contribution is 0.334. The van der Waals surface area contributed by atoms with Gasteiger partial charge in [-0.05, 0) is 55.5 Å². The van der Waals surface area contributed by atoms with Crippen LogP contribution in [0, 0.1) is 13.8 Å². The molecule has 1 nitrogen and oxygen atoms in total. The van der Waals surface area contributed by atoms with E-state index in [1.165, 1.54) is 21.6 Å². The van der Waals surface area contributed by atoms with E-state index < -0.39 is 0 Å². The fraction of sp³-hybridized carbons (Fsp3) is 0.375. The molecule has 0 atom stereocenters. The van der Waals surface area contributed by atoms with Gasteiger partial charge in [-0.25, -0.2) is 0 Å². The van der Waals surface area contributed by atoms with E-state index in [0.717, 1.165) is 19.5 Å². The fourth-order valence-corrected chi connectivity index (χ4v) is 3.08. The number of nitrogens with zero attached hydrogens (tertiary/aromatic N) is 1. The maximum Gasteiger partial charge on any atom is 0.0324 e. The molecule has 0 spiro atoms. The Hall–Kier alpha value is -1.12. The highest BCUT2D eigenvalue weighted by Crippen LogP contribution is 2.15. The summed E-state index contributed by atoms with van der Waals surface area (Å²) < 4.78 is 0. The van der Waals surface area contributed by atoms with E-state index >= 15 is 0 Å². The predicted molar refractivity (Wildman–Crippen MR) is 80.3 cm³/mol. The van der Waals surface area contributed by atoms with Crippen LogP contribution in [0.1, 0.15) is 21.6 Å². The number of rotatable bonds is 5. The first-order valence-electron chi connectivity index (χ1n) is 6.43. The van der Waals surface area contributed by atoms with Gasteiger partial charge in [0.1, 0.15) is 0 Å². The molecule has 0 aliphatic heterocycles. The van der Waals surface area contributed by atoms with Crippen LogP contribution in [0.4, 0.5) is 0 Å². The van der Waals surface area contributed by atoms with Gasteiger partial charge in [0, 0.05) is 18.0 Å². The summed E-state index contributed by atoms with van der Waals surface area (Å²) in [5.41, 5.74) is 4.34. The molecular formula is C16H21NS. The molecule has 96 valence electrons. The van der Waals surface area contributed by atoms with Crippen molar-refractivity contribution in [1.82, 2.24) is 4.90 Å². The van der Waals surface area contributed by atoms with Crippen LogP contribution in [-0.4, -0.2) is 18.5 Å². The molecule has 18 heavy (non-hydrogen) atoms. The largest absolute Gasteiger partial charge is 0.301 e. The van der Waals surface area contributed by atoms with Gasteiger partial charge in [-0.3, -0.25) is 0 Å². The predicted octanol–water partition coefficient (Wildman–Crippen LogP) is 4.04. The Morgan fingerprint density at radius 1 is 1.06 bits per heavy atom. The van der Waals surface area contributed by atoms with Gasteiger partial charge in [0.15, 0.2) is 0 Å². The Balaban J connectivity index is 1.91. The summed E-state index contributed by atoms with van der Waals surface area (Å²) in [6.45, 7) is 6.59. The van der Waals surface area contributed by atoms with E-state index in [9.17, 15) is 0 Å². The van der Waals surface area contributed by atoms with Crippen molar-refractivity contribution < 1.29 is 0 Å². The zero-order valence-corrected chi connectivity index (χ0v) is 12.3. The maximum absolute atomic E-state index is 2.40. The molecule has 0 saturated heterocycles. The van der Waals surface area contributed by atoms with Crippen molar-refractivity contribution in [2.45, 2.75) is 26.8 Å². The average molecular weight is 259 g/mol. The quantitative estimate of drug-likeness (QED) is 0.783. The van der Waals surface area contributed by atoms with Crippen LogP contribution in [0.3, 0.4) is 0 Å². The Kier molecular flexibility index (Phi) is 4.56. The molecule has 2 heteroatoms. The SMILES string of the molecule is Cc1cccc(C)c1CCN(C)Cc1cccs1. The summed E-state index contributed by atoms with van der Waals surface area (Å²) in [7, 11) is 2.20. The maximum atomic E-state index is 2.40. The summed E-state index contributed by atoms with van der Waals surface area (Å²) >= 11 is 1.84. The van der Waals surface area contributed by atoms with Crippen molar-refractivity contribution in [3.63, 3.8) is 0 Å². The summed E-state index contributed by atoms with van der Waals surface area (Å²) in [5.74, 6) is 0. The van der Waals surface area contributed by atoms with Gasteiger partial charge in [-0.15, -0.1) is 11.3 Å². The molecule has 1 heterocycles. The average Bonchev–Trinajstić information content (AvgIpc) is 2.81.